The molecule has 0 radical (unpaired) electrons. The van der Waals surface area contributed by atoms with Gasteiger partial charge in [-0.05, 0) is 12.1 Å². The minimum atomic E-state index is -5.28. The average molecular weight is 317 g/mol. The molecular weight excluding hydrogens is 314 g/mol. The molecule has 11 heteroatoms. The Kier molecular flexibility index (Phi) is 3.36. The largest absolute Gasteiger partial charge is 0.437 e. The van der Waals surface area contributed by atoms with Crippen LogP contribution in [0.3, 0.4) is 0 Å². The summed E-state index contributed by atoms with van der Waals surface area (Å²) in [6.45, 7) is 0. The van der Waals surface area contributed by atoms with Gasteiger partial charge in [-0.15, -0.1) is 5.10 Å². The first-order valence-electron chi connectivity index (χ1n) is 4.82. The van der Waals surface area contributed by atoms with E-state index in [4.69, 9.17) is 11.6 Å². The van der Waals surface area contributed by atoms with E-state index in [9.17, 15) is 26.3 Å². The van der Waals surface area contributed by atoms with Gasteiger partial charge in [0.2, 0.25) is 0 Å². The van der Waals surface area contributed by atoms with Crippen molar-refractivity contribution in [1.82, 2.24) is 20.0 Å². The lowest BCUT2D eigenvalue weighted by molar-refractivity contribution is -0.166. The quantitative estimate of drug-likeness (QED) is 0.598. The number of nitrogens with zero attached hydrogens (tertiary/aromatic N) is 4. The zero-order valence-electron chi connectivity index (χ0n) is 9.17. The summed E-state index contributed by atoms with van der Waals surface area (Å²) in [5.41, 5.74) is -4.47. The second-order valence-electron chi connectivity index (χ2n) is 3.53. The van der Waals surface area contributed by atoms with Gasteiger partial charge in [-0.3, -0.25) is 0 Å². The monoisotopic (exact) mass is 316 g/mol. The van der Waals surface area contributed by atoms with E-state index in [0.29, 0.717) is 0 Å². The number of rotatable bonds is 1. The highest BCUT2D eigenvalue weighted by Gasteiger charge is 2.49. The van der Waals surface area contributed by atoms with Crippen molar-refractivity contribution < 1.29 is 26.3 Å². The van der Waals surface area contributed by atoms with E-state index in [-0.39, 0.29) is 15.5 Å². The summed E-state index contributed by atoms with van der Waals surface area (Å²) in [5.74, 6) is 0. The van der Waals surface area contributed by atoms with Crippen LogP contribution in [0.25, 0.3) is 5.69 Å². The van der Waals surface area contributed by atoms with Gasteiger partial charge in [-0.1, -0.05) is 16.8 Å². The molecule has 0 aliphatic carbocycles. The number of alkyl halides is 6. The van der Waals surface area contributed by atoms with Gasteiger partial charge in [-0.2, -0.15) is 26.3 Å². The zero-order valence-corrected chi connectivity index (χ0v) is 9.92. The standard InChI is InChI=1S/C9H3ClF6N4/c10-5-2-1-4(3-17-5)20-7(9(14,15)16)6(18-19-20)8(11,12)13/h1-3H. The van der Waals surface area contributed by atoms with Gasteiger partial charge in [0.15, 0.2) is 11.4 Å². The van der Waals surface area contributed by atoms with E-state index in [2.05, 4.69) is 15.3 Å². The number of pyridine rings is 1. The van der Waals surface area contributed by atoms with Gasteiger partial charge in [0.25, 0.3) is 0 Å². The van der Waals surface area contributed by atoms with Gasteiger partial charge in [0.1, 0.15) is 5.15 Å². The summed E-state index contributed by atoms with van der Waals surface area (Å²) in [6, 6.07) is 2.16. The molecule has 0 saturated heterocycles. The fourth-order valence-corrected chi connectivity index (χ4v) is 1.51. The van der Waals surface area contributed by atoms with Crippen LogP contribution in [0, 0.1) is 0 Å². The van der Waals surface area contributed by atoms with E-state index >= 15 is 0 Å². The van der Waals surface area contributed by atoms with Crippen LogP contribution in [-0.4, -0.2) is 20.0 Å². The molecule has 4 nitrogen and oxygen atoms in total. The smallest absolute Gasteiger partial charge is 0.242 e. The fraction of sp³-hybridized carbons (Fsp3) is 0.222. The van der Waals surface area contributed by atoms with Crippen LogP contribution in [0.15, 0.2) is 18.3 Å². The van der Waals surface area contributed by atoms with Crippen LogP contribution >= 0.6 is 11.6 Å². The Balaban J connectivity index is 2.66. The molecule has 0 unspecified atom stereocenters. The van der Waals surface area contributed by atoms with Crippen LogP contribution < -0.4 is 0 Å². The Morgan fingerprint density at radius 3 is 2.10 bits per heavy atom. The third-order valence-corrected chi connectivity index (χ3v) is 2.39. The first-order chi connectivity index (χ1) is 9.10. The molecule has 2 aromatic rings. The lowest BCUT2D eigenvalue weighted by atomic mass is 10.3. The zero-order chi connectivity index (χ0) is 15.1. The van der Waals surface area contributed by atoms with Crippen LogP contribution in [0.5, 0.6) is 0 Å². The van der Waals surface area contributed by atoms with Gasteiger partial charge in [0, 0.05) is 0 Å². The molecule has 0 amide bonds. The summed E-state index contributed by atoms with van der Waals surface area (Å²) in [4.78, 5) is 3.48. The van der Waals surface area contributed by atoms with Crippen molar-refractivity contribution in [3.63, 3.8) is 0 Å². The Morgan fingerprint density at radius 2 is 1.65 bits per heavy atom. The Morgan fingerprint density at radius 1 is 1.00 bits per heavy atom. The second kappa shape index (κ2) is 4.62. The number of hydrogen-bond donors (Lipinski definition) is 0. The second-order valence-corrected chi connectivity index (χ2v) is 3.92. The van der Waals surface area contributed by atoms with Crippen molar-refractivity contribution in [2.24, 2.45) is 0 Å². The molecule has 0 aromatic carbocycles. The molecule has 0 atom stereocenters. The van der Waals surface area contributed by atoms with Crippen molar-refractivity contribution >= 4 is 11.6 Å². The van der Waals surface area contributed by atoms with Gasteiger partial charge >= 0.3 is 12.4 Å². The molecule has 0 aliphatic rings. The van der Waals surface area contributed by atoms with E-state index in [1.165, 1.54) is 0 Å². The molecule has 0 bridgehead atoms. The van der Waals surface area contributed by atoms with Crippen molar-refractivity contribution in [2.75, 3.05) is 0 Å². The first-order valence-corrected chi connectivity index (χ1v) is 5.20. The summed E-state index contributed by atoms with van der Waals surface area (Å²) in [6.07, 6.45) is -9.71. The Bertz CT molecular complexity index is 615. The lowest BCUT2D eigenvalue weighted by Crippen LogP contribution is -2.19. The minimum absolute atomic E-state index is 0.0200. The van der Waals surface area contributed by atoms with Gasteiger partial charge < -0.3 is 0 Å². The van der Waals surface area contributed by atoms with Crippen LogP contribution in [-0.2, 0) is 12.4 Å². The highest BCUT2D eigenvalue weighted by atomic mass is 35.5. The summed E-state index contributed by atoms with van der Waals surface area (Å²) in [7, 11) is 0. The topological polar surface area (TPSA) is 43.6 Å². The van der Waals surface area contributed by atoms with Crippen molar-refractivity contribution in [1.29, 1.82) is 0 Å². The number of aromatic nitrogens is 4. The van der Waals surface area contributed by atoms with Gasteiger partial charge in [-0.25, -0.2) is 9.67 Å². The Labute approximate surface area is 112 Å². The predicted octanol–water partition coefficient (Wildman–Crippen LogP) is 3.35. The predicted molar refractivity (Wildman–Crippen MR) is 54.2 cm³/mol. The number of hydrogen-bond acceptors (Lipinski definition) is 3. The normalized spacial score (nSPS) is 12.8. The molecule has 0 aliphatic heterocycles. The molecule has 2 aromatic heterocycles. The lowest BCUT2D eigenvalue weighted by Gasteiger charge is -2.12. The van der Waals surface area contributed by atoms with Gasteiger partial charge in [0.05, 0.1) is 11.9 Å². The van der Waals surface area contributed by atoms with E-state index in [0.717, 1.165) is 18.3 Å². The fourth-order valence-electron chi connectivity index (χ4n) is 1.40. The van der Waals surface area contributed by atoms with Crippen molar-refractivity contribution in [2.45, 2.75) is 12.4 Å². The SMILES string of the molecule is FC(F)(F)c1nnn(-c2ccc(Cl)nc2)c1C(F)(F)F. The van der Waals surface area contributed by atoms with Crippen LogP contribution in [0.1, 0.15) is 11.4 Å². The highest BCUT2D eigenvalue weighted by Crippen LogP contribution is 2.39. The molecule has 0 N–H and O–H groups in total. The molecular formula is C9H3ClF6N4. The Hall–Kier alpha value is -1.84. The minimum Gasteiger partial charge on any atom is -0.242 e. The van der Waals surface area contributed by atoms with Crippen LogP contribution in [0.2, 0.25) is 5.15 Å². The molecule has 108 valence electrons. The molecule has 2 rings (SSSR count). The first kappa shape index (κ1) is 14.6. The summed E-state index contributed by atoms with van der Waals surface area (Å²) in [5, 5.41) is 5.42. The van der Waals surface area contributed by atoms with Crippen molar-refractivity contribution in [3.05, 3.63) is 34.9 Å². The van der Waals surface area contributed by atoms with E-state index in [1.807, 2.05) is 0 Å². The molecule has 20 heavy (non-hydrogen) atoms. The maximum absolute atomic E-state index is 12.8. The van der Waals surface area contributed by atoms with Crippen LogP contribution in [0.4, 0.5) is 26.3 Å². The van der Waals surface area contributed by atoms with E-state index < -0.39 is 23.7 Å². The average Bonchev–Trinajstić information content (AvgIpc) is 2.73. The molecule has 0 fully saturated rings. The third-order valence-electron chi connectivity index (χ3n) is 2.16. The molecule has 0 spiro atoms. The summed E-state index contributed by atoms with van der Waals surface area (Å²) >= 11 is 5.45. The molecule has 0 saturated carbocycles. The summed E-state index contributed by atoms with van der Waals surface area (Å²) < 4.78 is 75.9. The maximum atomic E-state index is 12.8. The highest BCUT2D eigenvalue weighted by molar-refractivity contribution is 6.29. The van der Waals surface area contributed by atoms with E-state index in [1.54, 1.807) is 0 Å². The maximum Gasteiger partial charge on any atom is 0.437 e. The molecule has 2 heterocycles. The van der Waals surface area contributed by atoms with Crippen molar-refractivity contribution in [3.8, 4) is 5.69 Å². The number of halogens is 7. The third kappa shape index (κ3) is 2.69.